The van der Waals surface area contributed by atoms with Gasteiger partial charge in [-0.25, -0.2) is 5.43 Å². The summed E-state index contributed by atoms with van der Waals surface area (Å²) in [6.45, 7) is 3.73. The highest BCUT2D eigenvalue weighted by Crippen LogP contribution is 2.02. The molecule has 1 N–H and O–H groups in total. The van der Waals surface area contributed by atoms with Crippen molar-refractivity contribution in [1.82, 2.24) is 15.1 Å². The van der Waals surface area contributed by atoms with Gasteiger partial charge in [0.2, 0.25) is 0 Å². The minimum atomic E-state index is -0.267. The average molecular weight is 200 g/mol. The van der Waals surface area contributed by atoms with E-state index in [1.165, 1.54) is 6.20 Å². The molecule has 0 atom stereocenters. The molecule has 0 aliphatic carbocycles. The fraction of sp³-hybridized carbons (Fsp3) is 0. The van der Waals surface area contributed by atoms with Crippen LogP contribution in [0.1, 0.15) is 15.9 Å². The molecule has 15 heavy (non-hydrogen) atoms. The molecular formula is C10H8N4O. The standard InChI is InChI=1S/C10H8N4O/c1-8-2-4-9(5-3-8)10(15)12-14-7-6-11-13-14/h2-6H,1H2,(H,12,15). The number of amides is 1. The molecule has 74 valence electrons. The quantitative estimate of drug-likeness (QED) is 0.774. The number of carbonyl (C=O) groups is 1. The zero-order valence-electron chi connectivity index (χ0n) is 7.84. The van der Waals surface area contributed by atoms with Crippen LogP contribution < -0.4 is 5.43 Å². The molecule has 5 heteroatoms. The molecule has 1 heterocycles. The molecule has 1 amide bonds. The van der Waals surface area contributed by atoms with Crippen molar-refractivity contribution in [1.29, 1.82) is 0 Å². The maximum atomic E-state index is 11.6. The third-order valence-corrected chi connectivity index (χ3v) is 1.80. The second kappa shape index (κ2) is 3.91. The summed E-state index contributed by atoms with van der Waals surface area (Å²) in [4.78, 5) is 12.7. The van der Waals surface area contributed by atoms with E-state index in [2.05, 4.69) is 28.9 Å². The van der Waals surface area contributed by atoms with Crippen LogP contribution in [-0.4, -0.2) is 21.0 Å². The maximum Gasteiger partial charge on any atom is 0.271 e. The number of hydrogen-bond acceptors (Lipinski definition) is 3. The monoisotopic (exact) mass is 200 g/mol. The normalized spacial score (nSPS) is 9.93. The second-order valence-corrected chi connectivity index (χ2v) is 2.91. The fourth-order valence-electron chi connectivity index (χ4n) is 1.06. The van der Waals surface area contributed by atoms with E-state index in [1.54, 1.807) is 24.3 Å². The molecule has 1 aromatic carbocycles. The summed E-state index contributed by atoms with van der Waals surface area (Å²) in [7, 11) is 0. The van der Waals surface area contributed by atoms with E-state index >= 15 is 0 Å². The van der Waals surface area contributed by atoms with Crippen LogP contribution in [0, 0.1) is 13.1 Å². The Morgan fingerprint density at radius 3 is 2.73 bits per heavy atom. The summed E-state index contributed by atoms with van der Waals surface area (Å²) in [6.07, 6.45) is 3.96. The number of hydrogen-bond donors (Lipinski definition) is 1. The molecular weight excluding hydrogens is 192 g/mol. The van der Waals surface area contributed by atoms with Crippen molar-refractivity contribution in [2.45, 2.75) is 0 Å². The number of nitrogens with one attached hydrogen (secondary N) is 1. The van der Waals surface area contributed by atoms with Gasteiger partial charge < -0.3 is 0 Å². The van der Waals surface area contributed by atoms with E-state index in [0.717, 1.165) is 10.4 Å². The van der Waals surface area contributed by atoms with Crippen molar-refractivity contribution >= 4 is 5.91 Å². The lowest BCUT2D eigenvalue weighted by Crippen LogP contribution is -2.23. The molecule has 0 unspecified atom stereocenters. The van der Waals surface area contributed by atoms with Crippen molar-refractivity contribution in [2.75, 3.05) is 5.43 Å². The molecule has 1 aromatic heterocycles. The van der Waals surface area contributed by atoms with Crippen LogP contribution in [0.5, 0.6) is 0 Å². The molecule has 2 rings (SSSR count). The topological polar surface area (TPSA) is 59.8 Å². The van der Waals surface area contributed by atoms with Gasteiger partial charge in [-0.3, -0.25) is 4.79 Å². The van der Waals surface area contributed by atoms with Gasteiger partial charge in [0.05, 0.1) is 6.20 Å². The van der Waals surface area contributed by atoms with Gasteiger partial charge in [0.1, 0.15) is 6.20 Å². The van der Waals surface area contributed by atoms with Crippen LogP contribution in [0.3, 0.4) is 0 Å². The van der Waals surface area contributed by atoms with Crippen LogP contribution in [0.2, 0.25) is 0 Å². The summed E-state index contributed by atoms with van der Waals surface area (Å²) in [5.41, 5.74) is 3.88. The van der Waals surface area contributed by atoms with Crippen molar-refractivity contribution in [3.8, 4) is 0 Å². The van der Waals surface area contributed by atoms with Crippen molar-refractivity contribution < 1.29 is 4.79 Å². The van der Waals surface area contributed by atoms with Gasteiger partial charge in [-0.2, -0.15) is 0 Å². The summed E-state index contributed by atoms with van der Waals surface area (Å²) >= 11 is 0. The zero-order chi connectivity index (χ0) is 10.7. The average Bonchev–Trinajstić information content (AvgIpc) is 2.71. The van der Waals surface area contributed by atoms with Gasteiger partial charge in [-0.1, -0.05) is 12.1 Å². The number of carbonyl (C=O) groups excluding carboxylic acids is 1. The Morgan fingerprint density at radius 1 is 1.40 bits per heavy atom. The van der Waals surface area contributed by atoms with E-state index in [-0.39, 0.29) is 5.91 Å². The first kappa shape index (κ1) is 9.39. The first-order valence-corrected chi connectivity index (χ1v) is 4.27. The Morgan fingerprint density at radius 2 is 2.13 bits per heavy atom. The van der Waals surface area contributed by atoms with E-state index in [1.807, 2.05) is 0 Å². The van der Waals surface area contributed by atoms with Crippen LogP contribution in [0.25, 0.3) is 0 Å². The molecule has 0 aliphatic rings. The molecule has 2 radical (unpaired) electrons. The summed E-state index contributed by atoms with van der Waals surface area (Å²) in [6, 6.07) is 6.91. The predicted molar refractivity (Wildman–Crippen MR) is 53.5 cm³/mol. The largest absolute Gasteiger partial charge is 0.271 e. The minimum absolute atomic E-state index is 0.267. The van der Waals surface area contributed by atoms with Crippen LogP contribution >= 0.6 is 0 Å². The number of nitrogens with zero attached hydrogens (tertiary/aromatic N) is 3. The fourth-order valence-corrected chi connectivity index (χ4v) is 1.06. The molecule has 0 saturated heterocycles. The molecule has 5 nitrogen and oxygen atoms in total. The Balaban J connectivity index is 2.11. The maximum absolute atomic E-state index is 11.6. The summed E-state index contributed by atoms with van der Waals surface area (Å²) in [5, 5.41) is 7.08. The molecule has 0 spiro atoms. The van der Waals surface area contributed by atoms with Gasteiger partial charge >= 0.3 is 0 Å². The third kappa shape index (κ3) is 2.19. The van der Waals surface area contributed by atoms with E-state index < -0.39 is 0 Å². The summed E-state index contributed by atoms with van der Waals surface area (Å²) in [5.74, 6) is -0.267. The summed E-state index contributed by atoms with van der Waals surface area (Å²) < 4.78 is 0. The highest BCUT2D eigenvalue weighted by molar-refractivity contribution is 5.99. The van der Waals surface area contributed by atoms with Gasteiger partial charge in [-0.15, -0.1) is 9.89 Å². The van der Waals surface area contributed by atoms with E-state index in [9.17, 15) is 4.79 Å². The van der Waals surface area contributed by atoms with Gasteiger partial charge in [0.25, 0.3) is 5.91 Å². The second-order valence-electron chi connectivity index (χ2n) is 2.91. The van der Waals surface area contributed by atoms with E-state index in [4.69, 9.17) is 0 Å². The van der Waals surface area contributed by atoms with Gasteiger partial charge in [0, 0.05) is 5.56 Å². The van der Waals surface area contributed by atoms with Crippen LogP contribution in [0.15, 0.2) is 30.5 Å². The minimum Gasteiger partial charge on any atom is -0.267 e. The number of rotatable bonds is 2. The molecule has 0 fully saturated rings. The first-order chi connectivity index (χ1) is 7.25. The predicted octanol–water partition coefficient (Wildman–Crippen LogP) is 0.644. The highest BCUT2D eigenvalue weighted by Gasteiger charge is 2.05. The Kier molecular flexibility index (Phi) is 2.45. The molecule has 0 aliphatic heterocycles. The zero-order valence-corrected chi connectivity index (χ0v) is 7.84. The van der Waals surface area contributed by atoms with Crippen molar-refractivity contribution in [3.05, 3.63) is 54.7 Å². The third-order valence-electron chi connectivity index (χ3n) is 1.80. The van der Waals surface area contributed by atoms with Crippen molar-refractivity contribution in [3.63, 3.8) is 0 Å². The molecule has 2 aromatic rings. The number of benzene rings is 1. The Labute approximate surface area is 86.7 Å². The van der Waals surface area contributed by atoms with Gasteiger partial charge in [0.15, 0.2) is 0 Å². The smallest absolute Gasteiger partial charge is 0.267 e. The van der Waals surface area contributed by atoms with Crippen molar-refractivity contribution in [2.24, 2.45) is 0 Å². The highest BCUT2D eigenvalue weighted by atomic mass is 16.2. The SMILES string of the molecule is [CH2]c1ccc(C(=O)Nn2[c]cnn2)cc1. The molecule has 0 saturated carbocycles. The Hall–Kier alpha value is -2.17. The van der Waals surface area contributed by atoms with Crippen LogP contribution in [0.4, 0.5) is 0 Å². The lowest BCUT2D eigenvalue weighted by molar-refractivity contribution is 0.100. The lowest BCUT2D eigenvalue weighted by atomic mass is 10.1. The van der Waals surface area contributed by atoms with Crippen LogP contribution in [-0.2, 0) is 0 Å². The van der Waals surface area contributed by atoms with E-state index in [0.29, 0.717) is 5.56 Å². The first-order valence-electron chi connectivity index (χ1n) is 4.27. The van der Waals surface area contributed by atoms with Gasteiger partial charge in [-0.05, 0) is 29.8 Å². The Bertz CT molecular complexity index is 447. The number of aromatic nitrogens is 3. The molecule has 0 bridgehead atoms. The lowest BCUT2D eigenvalue weighted by Gasteiger charge is -2.03.